The van der Waals surface area contributed by atoms with Crippen molar-refractivity contribution in [2.24, 2.45) is 5.73 Å². The van der Waals surface area contributed by atoms with Crippen molar-refractivity contribution in [1.82, 2.24) is 15.5 Å². The highest BCUT2D eigenvalue weighted by molar-refractivity contribution is 5.97. The van der Waals surface area contributed by atoms with Crippen LogP contribution in [0.15, 0.2) is 24.3 Å². The molecule has 2 aliphatic heterocycles. The van der Waals surface area contributed by atoms with Crippen LogP contribution in [0.4, 0.5) is 4.39 Å². The Labute approximate surface area is 146 Å². The summed E-state index contributed by atoms with van der Waals surface area (Å²) in [5, 5.41) is 6.11. The van der Waals surface area contributed by atoms with Crippen molar-refractivity contribution < 1.29 is 14.0 Å². The molecule has 2 heterocycles. The Morgan fingerprint density at radius 1 is 1.28 bits per heavy atom. The van der Waals surface area contributed by atoms with Gasteiger partial charge in [0.25, 0.3) is 0 Å². The van der Waals surface area contributed by atoms with E-state index in [2.05, 4.69) is 10.6 Å². The predicted octanol–water partition coefficient (Wildman–Crippen LogP) is 0.512. The number of piperazine rings is 1. The van der Waals surface area contributed by atoms with Crippen molar-refractivity contribution in [1.29, 1.82) is 0 Å². The van der Waals surface area contributed by atoms with Crippen molar-refractivity contribution in [2.45, 2.75) is 50.4 Å². The predicted molar refractivity (Wildman–Crippen MR) is 92.0 cm³/mol. The minimum Gasteiger partial charge on any atom is -0.343 e. The lowest BCUT2D eigenvalue weighted by atomic mass is 10.0. The van der Waals surface area contributed by atoms with Gasteiger partial charge in [0, 0.05) is 24.7 Å². The van der Waals surface area contributed by atoms with Crippen LogP contribution in [0.2, 0.25) is 0 Å². The number of rotatable bonds is 7. The summed E-state index contributed by atoms with van der Waals surface area (Å²) in [5.74, 6) is -0.358. The fraction of sp³-hybridized carbons (Fsp3) is 0.556. The first-order valence-electron chi connectivity index (χ1n) is 8.88. The summed E-state index contributed by atoms with van der Waals surface area (Å²) in [5.41, 5.74) is 6.07. The number of amides is 2. The molecule has 3 atom stereocenters. The minimum absolute atomic E-state index is 0.0119. The molecule has 0 aliphatic carbocycles. The lowest BCUT2D eigenvalue weighted by Gasteiger charge is -2.34. The molecule has 1 aromatic rings. The number of unbranched alkanes of at least 4 members (excludes halogenated alkanes) is 1. The number of carbonyl (C=O) groups is 2. The van der Waals surface area contributed by atoms with Crippen LogP contribution in [-0.2, 0) is 16.1 Å². The molecule has 3 rings (SSSR count). The van der Waals surface area contributed by atoms with E-state index in [9.17, 15) is 14.0 Å². The van der Waals surface area contributed by atoms with Gasteiger partial charge in [0.15, 0.2) is 0 Å². The van der Waals surface area contributed by atoms with Crippen molar-refractivity contribution in [2.75, 3.05) is 13.1 Å². The lowest BCUT2D eigenvalue weighted by Crippen LogP contribution is -2.61. The second-order valence-corrected chi connectivity index (χ2v) is 6.76. The zero-order valence-corrected chi connectivity index (χ0v) is 14.2. The van der Waals surface area contributed by atoms with E-state index in [1.54, 1.807) is 23.1 Å². The van der Waals surface area contributed by atoms with E-state index in [0.717, 1.165) is 12.8 Å². The third-order valence-corrected chi connectivity index (χ3v) is 4.99. The normalized spacial score (nSPS) is 25.8. The SMILES string of the molecule is NCCCC[C@@H]1NC(=O)[C@@H]2C[C@H](NCc3ccccc3F)CN2C1=O. The van der Waals surface area contributed by atoms with Crippen LogP contribution < -0.4 is 16.4 Å². The first-order valence-corrected chi connectivity index (χ1v) is 8.88. The Morgan fingerprint density at radius 3 is 2.84 bits per heavy atom. The van der Waals surface area contributed by atoms with Crippen LogP contribution in [0.1, 0.15) is 31.2 Å². The molecular weight excluding hydrogens is 323 g/mol. The van der Waals surface area contributed by atoms with E-state index >= 15 is 0 Å². The topological polar surface area (TPSA) is 87.5 Å². The molecule has 25 heavy (non-hydrogen) atoms. The summed E-state index contributed by atoms with van der Waals surface area (Å²) in [6, 6.07) is 5.73. The molecule has 0 saturated carbocycles. The van der Waals surface area contributed by atoms with Gasteiger partial charge < -0.3 is 21.3 Å². The Kier molecular flexibility index (Phi) is 5.65. The third-order valence-electron chi connectivity index (χ3n) is 4.99. The van der Waals surface area contributed by atoms with E-state index in [1.165, 1.54) is 6.07 Å². The van der Waals surface area contributed by atoms with Gasteiger partial charge in [-0.3, -0.25) is 9.59 Å². The summed E-state index contributed by atoms with van der Waals surface area (Å²) in [6.45, 7) is 1.45. The Balaban J connectivity index is 1.57. The smallest absolute Gasteiger partial charge is 0.245 e. The molecule has 7 heteroatoms. The Morgan fingerprint density at radius 2 is 2.08 bits per heavy atom. The van der Waals surface area contributed by atoms with Crippen LogP contribution in [-0.4, -0.2) is 47.9 Å². The van der Waals surface area contributed by atoms with Crippen molar-refractivity contribution in [3.05, 3.63) is 35.6 Å². The quantitative estimate of drug-likeness (QED) is 0.627. The average molecular weight is 348 g/mol. The standard InChI is InChI=1S/C18H25FN4O2/c19-14-6-2-1-5-12(14)10-21-13-9-16-17(24)22-15(7-3-4-8-20)18(25)23(16)11-13/h1-2,5-6,13,15-16,21H,3-4,7-11,20H2,(H,22,24)/t13-,15-,16-/m0/s1. The number of fused-ring (bicyclic) bond motifs is 1. The molecule has 2 fully saturated rings. The van der Waals surface area contributed by atoms with Crippen LogP contribution >= 0.6 is 0 Å². The van der Waals surface area contributed by atoms with Crippen LogP contribution in [0.25, 0.3) is 0 Å². The van der Waals surface area contributed by atoms with Crippen molar-refractivity contribution in [3.8, 4) is 0 Å². The largest absolute Gasteiger partial charge is 0.343 e. The first kappa shape index (κ1) is 17.8. The van der Waals surface area contributed by atoms with E-state index in [0.29, 0.717) is 38.0 Å². The molecule has 4 N–H and O–H groups in total. The fourth-order valence-electron chi connectivity index (χ4n) is 3.59. The maximum atomic E-state index is 13.7. The number of nitrogens with one attached hydrogen (secondary N) is 2. The summed E-state index contributed by atoms with van der Waals surface area (Å²) in [7, 11) is 0. The second-order valence-electron chi connectivity index (χ2n) is 6.76. The van der Waals surface area contributed by atoms with Crippen LogP contribution in [0, 0.1) is 5.82 Å². The molecule has 0 aromatic heterocycles. The second kappa shape index (κ2) is 7.93. The number of hydrogen-bond donors (Lipinski definition) is 3. The number of nitrogens with two attached hydrogens (primary N) is 1. The van der Waals surface area contributed by atoms with Crippen molar-refractivity contribution >= 4 is 11.8 Å². The van der Waals surface area contributed by atoms with Gasteiger partial charge >= 0.3 is 0 Å². The third kappa shape index (κ3) is 3.99. The molecule has 2 saturated heterocycles. The van der Waals surface area contributed by atoms with Gasteiger partial charge in [-0.25, -0.2) is 4.39 Å². The summed E-state index contributed by atoms with van der Waals surface area (Å²) < 4.78 is 13.7. The van der Waals surface area contributed by atoms with Gasteiger partial charge in [-0.1, -0.05) is 18.2 Å². The monoisotopic (exact) mass is 348 g/mol. The highest BCUT2D eigenvalue weighted by atomic mass is 19.1. The molecule has 0 spiro atoms. The molecule has 2 aliphatic rings. The van der Waals surface area contributed by atoms with Crippen LogP contribution in [0.3, 0.4) is 0 Å². The van der Waals surface area contributed by atoms with E-state index in [1.807, 2.05) is 0 Å². The number of carbonyl (C=O) groups excluding carboxylic acids is 2. The molecule has 0 unspecified atom stereocenters. The van der Waals surface area contributed by atoms with Gasteiger partial charge in [0.1, 0.15) is 17.9 Å². The maximum absolute atomic E-state index is 13.7. The summed E-state index contributed by atoms with van der Waals surface area (Å²) in [6.07, 6.45) is 2.84. The number of hydrogen-bond acceptors (Lipinski definition) is 4. The first-order chi connectivity index (χ1) is 12.1. The van der Waals surface area contributed by atoms with E-state index < -0.39 is 12.1 Å². The van der Waals surface area contributed by atoms with Gasteiger partial charge in [0.2, 0.25) is 11.8 Å². The molecule has 2 amide bonds. The molecular formula is C18H25FN4O2. The molecule has 136 valence electrons. The fourth-order valence-corrected chi connectivity index (χ4v) is 3.59. The number of nitrogens with zero attached hydrogens (tertiary/aromatic N) is 1. The molecule has 0 bridgehead atoms. The zero-order valence-electron chi connectivity index (χ0n) is 14.2. The van der Waals surface area contributed by atoms with Gasteiger partial charge in [-0.05, 0) is 38.3 Å². The highest BCUT2D eigenvalue weighted by Gasteiger charge is 2.45. The average Bonchev–Trinajstić information content (AvgIpc) is 3.04. The number of benzene rings is 1. The van der Waals surface area contributed by atoms with Gasteiger partial charge in [-0.2, -0.15) is 0 Å². The lowest BCUT2D eigenvalue weighted by molar-refractivity contribution is -0.147. The molecule has 0 radical (unpaired) electrons. The van der Waals surface area contributed by atoms with Crippen LogP contribution in [0.5, 0.6) is 0 Å². The Bertz CT molecular complexity index is 639. The number of halogens is 1. The Hall–Kier alpha value is -1.99. The van der Waals surface area contributed by atoms with Gasteiger partial charge in [-0.15, -0.1) is 0 Å². The summed E-state index contributed by atoms with van der Waals surface area (Å²) in [4.78, 5) is 26.6. The molecule has 6 nitrogen and oxygen atoms in total. The minimum atomic E-state index is -0.444. The van der Waals surface area contributed by atoms with E-state index in [-0.39, 0.29) is 23.7 Å². The zero-order chi connectivity index (χ0) is 17.8. The summed E-state index contributed by atoms with van der Waals surface area (Å²) >= 11 is 0. The highest BCUT2D eigenvalue weighted by Crippen LogP contribution is 2.24. The van der Waals surface area contributed by atoms with Crippen molar-refractivity contribution in [3.63, 3.8) is 0 Å². The van der Waals surface area contributed by atoms with E-state index in [4.69, 9.17) is 5.73 Å². The molecule has 1 aromatic carbocycles. The van der Waals surface area contributed by atoms with Gasteiger partial charge in [0.05, 0.1) is 0 Å². The maximum Gasteiger partial charge on any atom is 0.245 e.